The molecule has 0 bridgehead atoms. The molecular formula is C19H24N2S. The average Bonchev–Trinajstić information content (AvgIpc) is 2.57. The monoisotopic (exact) mass is 312 g/mol. The lowest BCUT2D eigenvalue weighted by Crippen LogP contribution is -2.12. The Morgan fingerprint density at radius 1 is 1.50 bits per heavy atom. The van der Waals surface area contributed by atoms with Gasteiger partial charge in [0.05, 0.1) is 0 Å². The first kappa shape index (κ1) is 16.8. The predicted molar refractivity (Wildman–Crippen MR) is 97.9 cm³/mol. The van der Waals surface area contributed by atoms with E-state index in [2.05, 4.69) is 42.8 Å². The van der Waals surface area contributed by atoms with Crippen molar-refractivity contribution < 1.29 is 0 Å². The molecule has 0 saturated heterocycles. The van der Waals surface area contributed by atoms with Gasteiger partial charge in [-0.25, -0.2) is 0 Å². The van der Waals surface area contributed by atoms with E-state index in [0.29, 0.717) is 5.71 Å². The number of thioether (sulfide) groups is 1. The minimum atomic E-state index is 0.207. The zero-order valence-electron chi connectivity index (χ0n) is 13.2. The quantitative estimate of drug-likeness (QED) is 0.673. The smallest absolute Gasteiger partial charge is 0.0445 e. The molecule has 1 atom stereocenters. The molecule has 1 heterocycles. The van der Waals surface area contributed by atoms with Gasteiger partial charge in [-0.05, 0) is 36.5 Å². The normalized spacial score (nSPS) is 15.2. The standard InChI is InChI=1S/C19H24N2S/c1-3-18(17-10-7-11-21-12-17)15(2)19(20)14-22-13-16-8-5-4-6-9-16/h4-5,7-8,10-12,18,20H,2-3,6,9,13-14H2,1H3. The van der Waals surface area contributed by atoms with Crippen LogP contribution < -0.4 is 0 Å². The van der Waals surface area contributed by atoms with Crippen LogP contribution in [0.3, 0.4) is 0 Å². The van der Waals surface area contributed by atoms with Gasteiger partial charge < -0.3 is 5.41 Å². The van der Waals surface area contributed by atoms with Gasteiger partial charge in [-0.2, -0.15) is 11.8 Å². The van der Waals surface area contributed by atoms with Crippen molar-refractivity contribution in [1.82, 2.24) is 4.98 Å². The summed E-state index contributed by atoms with van der Waals surface area (Å²) < 4.78 is 0. The van der Waals surface area contributed by atoms with Gasteiger partial charge >= 0.3 is 0 Å². The third-order valence-corrected chi connectivity index (χ3v) is 5.00. The topological polar surface area (TPSA) is 36.7 Å². The highest BCUT2D eigenvalue weighted by atomic mass is 32.2. The van der Waals surface area contributed by atoms with Crippen LogP contribution in [0.1, 0.15) is 37.7 Å². The summed E-state index contributed by atoms with van der Waals surface area (Å²) in [4.78, 5) is 4.19. The lowest BCUT2D eigenvalue weighted by atomic mass is 9.88. The second-order valence-electron chi connectivity index (χ2n) is 5.54. The SMILES string of the molecule is C=C(C(=N)CSCC1=CC=CCC1)C(CC)c1cccnc1. The van der Waals surface area contributed by atoms with Gasteiger partial charge in [0.15, 0.2) is 0 Å². The Labute approximate surface area is 137 Å². The summed E-state index contributed by atoms with van der Waals surface area (Å²) in [6.07, 6.45) is 13.5. The van der Waals surface area contributed by atoms with Crippen LogP contribution in [0.2, 0.25) is 0 Å². The maximum Gasteiger partial charge on any atom is 0.0445 e. The third kappa shape index (κ3) is 4.70. The van der Waals surface area contributed by atoms with Crippen LogP contribution in [0.25, 0.3) is 0 Å². The first-order valence-electron chi connectivity index (χ1n) is 7.81. The highest BCUT2D eigenvalue weighted by Gasteiger charge is 2.17. The van der Waals surface area contributed by atoms with Crippen molar-refractivity contribution >= 4 is 17.5 Å². The predicted octanol–water partition coefficient (Wildman–Crippen LogP) is 5.16. The second kappa shape index (κ2) is 8.74. The summed E-state index contributed by atoms with van der Waals surface area (Å²) in [5.41, 5.74) is 4.23. The van der Waals surface area contributed by atoms with Gasteiger partial charge in [0.1, 0.15) is 0 Å². The van der Waals surface area contributed by atoms with E-state index in [4.69, 9.17) is 5.41 Å². The van der Waals surface area contributed by atoms with Crippen molar-refractivity contribution in [2.75, 3.05) is 11.5 Å². The summed E-state index contributed by atoms with van der Waals surface area (Å²) in [6, 6.07) is 4.03. The van der Waals surface area contributed by atoms with Gasteiger partial charge in [0.2, 0.25) is 0 Å². The zero-order valence-corrected chi connectivity index (χ0v) is 14.0. The molecule has 0 saturated carbocycles. The maximum atomic E-state index is 8.32. The van der Waals surface area contributed by atoms with E-state index in [1.165, 1.54) is 5.57 Å². The number of nitrogens with zero attached hydrogens (tertiary/aromatic N) is 1. The fraction of sp³-hybridized carbons (Fsp3) is 0.368. The summed E-state index contributed by atoms with van der Waals surface area (Å²) in [5, 5.41) is 8.32. The third-order valence-electron chi connectivity index (χ3n) is 3.94. The number of pyridine rings is 1. The van der Waals surface area contributed by atoms with Crippen LogP contribution in [0.5, 0.6) is 0 Å². The molecule has 0 amide bonds. The zero-order chi connectivity index (χ0) is 15.8. The van der Waals surface area contributed by atoms with E-state index in [9.17, 15) is 0 Å². The molecule has 116 valence electrons. The number of hydrogen-bond acceptors (Lipinski definition) is 3. The Morgan fingerprint density at radius 2 is 2.36 bits per heavy atom. The summed E-state index contributed by atoms with van der Waals surface area (Å²) in [7, 11) is 0. The molecule has 1 aliphatic carbocycles. The fourth-order valence-corrected chi connectivity index (χ4v) is 3.62. The van der Waals surface area contributed by atoms with Crippen molar-refractivity contribution in [2.45, 2.75) is 32.1 Å². The summed E-state index contributed by atoms with van der Waals surface area (Å²) in [5.74, 6) is 1.96. The molecule has 1 aromatic rings. The van der Waals surface area contributed by atoms with Crippen LogP contribution in [-0.4, -0.2) is 22.2 Å². The van der Waals surface area contributed by atoms with Crippen molar-refractivity contribution in [3.8, 4) is 0 Å². The van der Waals surface area contributed by atoms with E-state index < -0.39 is 0 Å². The first-order valence-corrected chi connectivity index (χ1v) is 8.96. The van der Waals surface area contributed by atoms with E-state index in [1.54, 1.807) is 6.20 Å². The van der Waals surface area contributed by atoms with E-state index in [1.807, 2.05) is 24.0 Å². The Morgan fingerprint density at radius 3 is 3.00 bits per heavy atom. The molecule has 1 aliphatic rings. The van der Waals surface area contributed by atoms with Crippen molar-refractivity contribution in [3.05, 3.63) is 66.0 Å². The summed E-state index contributed by atoms with van der Waals surface area (Å²) in [6.45, 7) is 6.32. The molecule has 0 radical (unpaired) electrons. The molecule has 0 aromatic carbocycles. The molecule has 2 rings (SSSR count). The van der Waals surface area contributed by atoms with E-state index in [0.717, 1.165) is 41.9 Å². The first-order chi connectivity index (χ1) is 10.7. The van der Waals surface area contributed by atoms with Crippen molar-refractivity contribution in [1.29, 1.82) is 5.41 Å². The van der Waals surface area contributed by atoms with Crippen molar-refractivity contribution in [2.24, 2.45) is 0 Å². The Kier molecular flexibility index (Phi) is 6.66. The molecule has 22 heavy (non-hydrogen) atoms. The maximum absolute atomic E-state index is 8.32. The molecule has 3 heteroatoms. The highest BCUT2D eigenvalue weighted by molar-refractivity contribution is 8.00. The van der Waals surface area contributed by atoms with Gasteiger partial charge in [-0.1, -0.05) is 43.4 Å². The number of rotatable bonds is 8. The lowest BCUT2D eigenvalue weighted by molar-refractivity contribution is 0.780. The van der Waals surface area contributed by atoms with Crippen LogP contribution in [0, 0.1) is 5.41 Å². The molecule has 2 nitrogen and oxygen atoms in total. The molecule has 0 spiro atoms. The molecule has 0 aliphatic heterocycles. The van der Waals surface area contributed by atoms with E-state index >= 15 is 0 Å². The highest BCUT2D eigenvalue weighted by Crippen LogP contribution is 2.28. The Hall–Kier alpha value is -1.61. The van der Waals surface area contributed by atoms with Gasteiger partial charge in [-0.15, -0.1) is 0 Å². The van der Waals surface area contributed by atoms with Crippen LogP contribution in [0.4, 0.5) is 0 Å². The number of allylic oxidation sites excluding steroid dienone is 4. The second-order valence-corrected chi connectivity index (χ2v) is 6.52. The van der Waals surface area contributed by atoms with Crippen LogP contribution in [0.15, 0.2) is 60.5 Å². The number of aromatic nitrogens is 1. The van der Waals surface area contributed by atoms with Crippen LogP contribution in [-0.2, 0) is 0 Å². The van der Waals surface area contributed by atoms with E-state index in [-0.39, 0.29) is 5.92 Å². The largest absolute Gasteiger partial charge is 0.304 e. The van der Waals surface area contributed by atoms with Gasteiger partial charge in [-0.3, -0.25) is 4.98 Å². The average molecular weight is 312 g/mol. The minimum absolute atomic E-state index is 0.207. The summed E-state index contributed by atoms with van der Waals surface area (Å²) >= 11 is 1.82. The molecular weight excluding hydrogens is 288 g/mol. The van der Waals surface area contributed by atoms with Gasteiger partial charge in [0, 0.05) is 35.5 Å². The Bertz CT molecular complexity index is 572. The number of hydrogen-bond donors (Lipinski definition) is 1. The lowest BCUT2D eigenvalue weighted by Gasteiger charge is -2.19. The molecule has 0 fully saturated rings. The minimum Gasteiger partial charge on any atom is -0.304 e. The fourth-order valence-electron chi connectivity index (χ4n) is 2.63. The van der Waals surface area contributed by atoms with Crippen LogP contribution >= 0.6 is 11.8 Å². The molecule has 1 aromatic heterocycles. The Balaban J connectivity index is 1.86. The van der Waals surface area contributed by atoms with Crippen molar-refractivity contribution in [3.63, 3.8) is 0 Å². The number of nitrogens with one attached hydrogen (secondary N) is 1. The molecule has 1 unspecified atom stereocenters. The van der Waals surface area contributed by atoms with Gasteiger partial charge in [0.25, 0.3) is 0 Å². The molecule has 1 N–H and O–H groups in total.